The quantitative estimate of drug-likeness (QED) is 0.519. The lowest BCUT2D eigenvalue weighted by atomic mass is 10.1. The number of benzene rings is 1. The van der Waals surface area contributed by atoms with Crippen LogP contribution in [0.25, 0.3) is 0 Å². The summed E-state index contributed by atoms with van der Waals surface area (Å²) in [5.41, 5.74) is 2.59. The number of thioether (sulfide) groups is 1. The highest BCUT2D eigenvalue weighted by Crippen LogP contribution is 2.12. The molecule has 0 aliphatic carbocycles. The third kappa shape index (κ3) is 2.59. The Labute approximate surface area is 84.3 Å². The van der Waals surface area contributed by atoms with Crippen molar-refractivity contribution in [2.24, 2.45) is 4.99 Å². The fourth-order valence-electron chi connectivity index (χ4n) is 1.22. The minimum Gasteiger partial charge on any atom is -0.281 e. The molecule has 0 spiro atoms. The third-order valence-electron chi connectivity index (χ3n) is 2.01. The summed E-state index contributed by atoms with van der Waals surface area (Å²) in [6.45, 7) is 2.17. The van der Waals surface area contributed by atoms with Crippen molar-refractivity contribution < 1.29 is 0 Å². The summed E-state index contributed by atoms with van der Waals surface area (Å²) in [6.07, 6.45) is 3.15. The van der Waals surface area contributed by atoms with Gasteiger partial charge in [-0.15, -0.1) is 11.8 Å². The van der Waals surface area contributed by atoms with Crippen molar-refractivity contribution in [1.82, 2.24) is 0 Å². The van der Waals surface area contributed by atoms with Gasteiger partial charge in [0.1, 0.15) is 0 Å². The van der Waals surface area contributed by atoms with Crippen LogP contribution in [0.1, 0.15) is 18.1 Å². The molecule has 13 heavy (non-hydrogen) atoms. The molecule has 0 amide bonds. The van der Waals surface area contributed by atoms with Gasteiger partial charge >= 0.3 is 0 Å². The summed E-state index contributed by atoms with van der Waals surface area (Å²) in [5, 5.41) is 1.10. The Morgan fingerprint density at radius 3 is 2.31 bits per heavy atom. The maximum Gasteiger partial charge on any atom is 0.0970 e. The van der Waals surface area contributed by atoms with Crippen molar-refractivity contribution in [3.63, 3.8) is 0 Å². The molecule has 0 aliphatic heterocycles. The van der Waals surface area contributed by atoms with Gasteiger partial charge in [-0.1, -0.05) is 31.2 Å². The zero-order chi connectivity index (χ0) is 9.68. The van der Waals surface area contributed by atoms with Gasteiger partial charge in [-0.25, -0.2) is 0 Å². The standard InChI is InChI=1S/C11H15NS/c1-4-9-5-7-10(8-6-9)11(12-2)13-3/h5-8H,4H2,1-3H3. The number of rotatable bonds is 2. The van der Waals surface area contributed by atoms with Crippen molar-refractivity contribution in [2.75, 3.05) is 13.3 Å². The molecule has 1 aromatic carbocycles. The second-order valence-corrected chi connectivity index (χ2v) is 3.58. The summed E-state index contributed by atoms with van der Waals surface area (Å²) in [4.78, 5) is 4.21. The molecule has 0 heterocycles. The van der Waals surface area contributed by atoms with E-state index in [2.05, 4.69) is 42.4 Å². The molecule has 70 valence electrons. The first kappa shape index (κ1) is 10.3. The van der Waals surface area contributed by atoms with Gasteiger partial charge < -0.3 is 0 Å². The Hall–Kier alpha value is -0.760. The molecule has 0 saturated heterocycles. The lowest BCUT2D eigenvalue weighted by Gasteiger charge is -2.02. The molecule has 0 saturated carbocycles. The van der Waals surface area contributed by atoms with Crippen LogP contribution in [0.5, 0.6) is 0 Å². The average molecular weight is 193 g/mol. The zero-order valence-electron chi connectivity index (χ0n) is 8.37. The van der Waals surface area contributed by atoms with E-state index in [1.54, 1.807) is 11.8 Å². The lowest BCUT2D eigenvalue weighted by Crippen LogP contribution is -1.94. The largest absolute Gasteiger partial charge is 0.281 e. The Balaban J connectivity index is 2.91. The van der Waals surface area contributed by atoms with E-state index in [1.165, 1.54) is 11.1 Å². The minimum atomic E-state index is 1.10. The smallest absolute Gasteiger partial charge is 0.0970 e. The number of aliphatic imine (C=N–C) groups is 1. The topological polar surface area (TPSA) is 12.4 Å². The lowest BCUT2D eigenvalue weighted by molar-refractivity contribution is 1.14. The van der Waals surface area contributed by atoms with Crippen molar-refractivity contribution >= 4 is 16.8 Å². The summed E-state index contributed by atoms with van der Waals surface area (Å²) in [6, 6.07) is 8.60. The molecule has 0 unspecified atom stereocenters. The SMILES string of the molecule is CCc1ccc(C(=NC)SC)cc1. The second kappa shape index (κ2) is 5.07. The van der Waals surface area contributed by atoms with Gasteiger partial charge in [0.15, 0.2) is 0 Å². The van der Waals surface area contributed by atoms with Gasteiger partial charge in [0.2, 0.25) is 0 Å². The predicted octanol–water partition coefficient (Wildman–Crippen LogP) is 2.99. The van der Waals surface area contributed by atoms with Gasteiger partial charge in [0, 0.05) is 12.6 Å². The van der Waals surface area contributed by atoms with E-state index in [0.29, 0.717) is 0 Å². The first-order valence-electron chi connectivity index (χ1n) is 4.42. The van der Waals surface area contributed by atoms with Crippen LogP contribution >= 0.6 is 11.8 Å². The Bertz CT molecular complexity index is 287. The molecule has 1 rings (SSSR count). The van der Waals surface area contributed by atoms with E-state index in [1.807, 2.05) is 7.05 Å². The van der Waals surface area contributed by atoms with Crippen LogP contribution in [0.15, 0.2) is 29.3 Å². The molecule has 1 nitrogen and oxygen atoms in total. The maximum atomic E-state index is 4.21. The molecule has 0 aliphatic rings. The van der Waals surface area contributed by atoms with Crippen LogP contribution < -0.4 is 0 Å². The van der Waals surface area contributed by atoms with E-state index in [-0.39, 0.29) is 0 Å². The first-order valence-corrected chi connectivity index (χ1v) is 5.64. The first-order chi connectivity index (χ1) is 6.31. The fourth-order valence-corrected chi connectivity index (χ4v) is 1.78. The van der Waals surface area contributed by atoms with Crippen molar-refractivity contribution in [3.05, 3.63) is 35.4 Å². The number of hydrogen-bond acceptors (Lipinski definition) is 2. The molecule has 1 aromatic rings. The molecule has 0 atom stereocenters. The van der Waals surface area contributed by atoms with Crippen LogP contribution in [-0.4, -0.2) is 18.3 Å². The number of nitrogens with zero attached hydrogens (tertiary/aromatic N) is 1. The van der Waals surface area contributed by atoms with E-state index < -0.39 is 0 Å². The van der Waals surface area contributed by atoms with Gasteiger partial charge in [-0.05, 0) is 18.2 Å². The Kier molecular flexibility index (Phi) is 4.03. The second-order valence-electron chi connectivity index (χ2n) is 2.78. The van der Waals surface area contributed by atoms with Crippen LogP contribution in [-0.2, 0) is 6.42 Å². The van der Waals surface area contributed by atoms with Crippen LogP contribution in [0.4, 0.5) is 0 Å². The molecule has 0 radical (unpaired) electrons. The van der Waals surface area contributed by atoms with Gasteiger partial charge in [0.25, 0.3) is 0 Å². The predicted molar refractivity (Wildman–Crippen MR) is 61.8 cm³/mol. The zero-order valence-corrected chi connectivity index (χ0v) is 9.19. The van der Waals surface area contributed by atoms with Gasteiger partial charge in [-0.2, -0.15) is 0 Å². The highest BCUT2D eigenvalue weighted by atomic mass is 32.2. The Morgan fingerprint density at radius 1 is 1.31 bits per heavy atom. The molecular weight excluding hydrogens is 178 g/mol. The van der Waals surface area contributed by atoms with E-state index in [4.69, 9.17) is 0 Å². The number of aryl methyl sites for hydroxylation is 1. The van der Waals surface area contributed by atoms with Crippen molar-refractivity contribution in [3.8, 4) is 0 Å². The van der Waals surface area contributed by atoms with Crippen LogP contribution in [0, 0.1) is 0 Å². The minimum absolute atomic E-state index is 1.10. The molecule has 2 heteroatoms. The van der Waals surface area contributed by atoms with Gasteiger partial charge in [-0.3, -0.25) is 4.99 Å². The highest BCUT2D eigenvalue weighted by molar-refractivity contribution is 8.13. The van der Waals surface area contributed by atoms with E-state index in [0.717, 1.165) is 11.5 Å². The summed E-state index contributed by atoms with van der Waals surface area (Å²) in [5.74, 6) is 0. The van der Waals surface area contributed by atoms with E-state index in [9.17, 15) is 0 Å². The molecule has 0 N–H and O–H groups in total. The summed E-state index contributed by atoms with van der Waals surface area (Å²) < 4.78 is 0. The Morgan fingerprint density at radius 2 is 1.92 bits per heavy atom. The van der Waals surface area contributed by atoms with Crippen LogP contribution in [0.2, 0.25) is 0 Å². The van der Waals surface area contributed by atoms with Gasteiger partial charge in [0.05, 0.1) is 5.04 Å². The fraction of sp³-hybridized carbons (Fsp3) is 0.364. The summed E-state index contributed by atoms with van der Waals surface area (Å²) >= 11 is 1.69. The average Bonchev–Trinajstić information content (AvgIpc) is 2.21. The van der Waals surface area contributed by atoms with Crippen LogP contribution in [0.3, 0.4) is 0 Å². The monoisotopic (exact) mass is 193 g/mol. The maximum absolute atomic E-state index is 4.21. The van der Waals surface area contributed by atoms with Crippen molar-refractivity contribution in [1.29, 1.82) is 0 Å². The summed E-state index contributed by atoms with van der Waals surface area (Å²) in [7, 11) is 1.83. The number of hydrogen-bond donors (Lipinski definition) is 0. The normalized spacial score (nSPS) is 11.8. The molecule has 0 fully saturated rings. The van der Waals surface area contributed by atoms with E-state index >= 15 is 0 Å². The van der Waals surface area contributed by atoms with Crippen molar-refractivity contribution in [2.45, 2.75) is 13.3 Å². The molecule has 0 bridgehead atoms. The molecular formula is C11H15NS. The third-order valence-corrected chi connectivity index (χ3v) is 2.81. The molecule has 0 aromatic heterocycles. The highest BCUT2D eigenvalue weighted by Gasteiger charge is 1.99.